The van der Waals surface area contributed by atoms with Gasteiger partial charge in [0.05, 0.1) is 29.3 Å². The predicted molar refractivity (Wildman–Crippen MR) is 141 cm³/mol. The first-order valence-electron chi connectivity index (χ1n) is 11.9. The van der Waals surface area contributed by atoms with E-state index in [1.807, 2.05) is 24.3 Å². The molecule has 0 unspecified atom stereocenters. The highest BCUT2D eigenvalue weighted by molar-refractivity contribution is 6.30. The average Bonchev–Trinajstić information content (AvgIpc) is 3.73. The number of pyridine rings is 1. The number of aromatic nitrogens is 1. The van der Waals surface area contributed by atoms with Crippen molar-refractivity contribution in [2.24, 2.45) is 5.10 Å². The summed E-state index contributed by atoms with van der Waals surface area (Å²) in [4.78, 5) is 31.1. The van der Waals surface area contributed by atoms with E-state index in [4.69, 9.17) is 25.2 Å². The van der Waals surface area contributed by atoms with Crippen LogP contribution in [0.5, 0.6) is 0 Å². The predicted octanol–water partition coefficient (Wildman–Crippen LogP) is 6.28. The number of carbonyl (C=O) groups excluding carboxylic acids is 2. The van der Waals surface area contributed by atoms with Crippen LogP contribution in [0.25, 0.3) is 22.4 Å². The fourth-order valence-electron chi connectivity index (χ4n) is 4.43. The molecular weight excluding hydrogens is 506 g/mol. The van der Waals surface area contributed by atoms with E-state index in [0.29, 0.717) is 45.3 Å². The normalized spacial score (nSPS) is 15.0. The summed E-state index contributed by atoms with van der Waals surface area (Å²) in [7, 11) is 0. The van der Waals surface area contributed by atoms with Crippen LogP contribution < -0.4 is 0 Å². The van der Waals surface area contributed by atoms with Crippen LogP contribution in [0, 0.1) is 0 Å². The van der Waals surface area contributed by atoms with Crippen LogP contribution in [0.4, 0.5) is 0 Å². The molecule has 0 aliphatic carbocycles. The largest absolute Gasteiger partial charge is 0.467 e. The highest BCUT2D eigenvalue weighted by Gasteiger charge is 2.35. The zero-order valence-electron chi connectivity index (χ0n) is 19.9. The van der Waals surface area contributed by atoms with Crippen molar-refractivity contribution >= 4 is 40.1 Å². The molecule has 0 saturated carbocycles. The Morgan fingerprint density at radius 2 is 1.76 bits per heavy atom. The molecule has 0 bridgehead atoms. The van der Waals surface area contributed by atoms with Crippen LogP contribution in [-0.2, 0) is 9.53 Å². The average molecular weight is 526 g/mol. The number of ether oxygens (including phenoxy) is 1. The summed E-state index contributed by atoms with van der Waals surface area (Å²) in [6, 6.07) is 22.6. The van der Waals surface area contributed by atoms with Gasteiger partial charge in [0.1, 0.15) is 17.5 Å². The quantitative estimate of drug-likeness (QED) is 0.242. The molecule has 0 fully saturated rings. The van der Waals surface area contributed by atoms with Gasteiger partial charge in [-0.05, 0) is 54.1 Å². The van der Waals surface area contributed by atoms with E-state index in [1.165, 1.54) is 11.3 Å². The minimum absolute atomic E-state index is 0.282. The summed E-state index contributed by atoms with van der Waals surface area (Å²) in [5.74, 6) is -0.0300. The van der Waals surface area contributed by atoms with Crippen molar-refractivity contribution in [2.75, 3.05) is 6.61 Å². The molecular formula is C29H20ClN3O5. The topological polar surface area (TPSA) is 98.1 Å². The number of para-hydroxylation sites is 1. The minimum Gasteiger partial charge on any atom is -0.467 e. The van der Waals surface area contributed by atoms with Crippen LogP contribution in [0.2, 0.25) is 5.02 Å². The van der Waals surface area contributed by atoms with Gasteiger partial charge in [0.25, 0.3) is 5.91 Å². The molecule has 0 spiro atoms. The number of hydrogen-bond donors (Lipinski definition) is 0. The third-order valence-corrected chi connectivity index (χ3v) is 6.50. The zero-order chi connectivity index (χ0) is 26.1. The monoisotopic (exact) mass is 525 g/mol. The molecule has 3 aromatic heterocycles. The van der Waals surface area contributed by atoms with E-state index in [-0.39, 0.29) is 5.56 Å². The van der Waals surface area contributed by atoms with E-state index in [9.17, 15) is 9.59 Å². The van der Waals surface area contributed by atoms with Gasteiger partial charge in [0, 0.05) is 16.8 Å². The first-order valence-corrected chi connectivity index (χ1v) is 12.2. The highest BCUT2D eigenvalue weighted by atomic mass is 35.5. The van der Waals surface area contributed by atoms with Crippen LogP contribution >= 0.6 is 11.6 Å². The maximum absolute atomic E-state index is 13.3. The first kappa shape index (κ1) is 23.7. The Morgan fingerprint density at radius 1 is 0.974 bits per heavy atom. The molecule has 5 aromatic rings. The van der Waals surface area contributed by atoms with Crippen LogP contribution in [0.15, 0.2) is 105 Å². The second-order valence-corrected chi connectivity index (χ2v) is 9.09. The molecule has 0 N–H and O–H groups in total. The summed E-state index contributed by atoms with van der Waals surface area (Å²) >= 11 is 6.03. The smallest absolute Gasteiger partial charge is 0.339 e. The van der Waals surface area contributed by atoms with Crippen molar-refractivity contribution in [3.8, 4) is 11.5 Å². The number of rotatable bonds is 6. The molecule has 8 nitrogen and oxygen atoms in total. The molecule has 0 radical (unpaired) electrons. The van der Waals surface area contributed by atoms with Gasteiger partial charge in [0.2, 0.25) is 0 Å². The van der Waals surface area contributed by atoms with E-state index < -0.39 is 24.5 Å². The Bertz CT molecular complexity index is 1640. The lowest BCUT2D eigenvalue weighted by molar-refractivity contribution is -0.136. The Balaban J connectivity index is 1.25. The summed E-state index contributed by atoms with van der Waals surface area (Å²) in [6.07, 6.45) is 3.52. The fraction of sp³-hybridized carbons (Fsp3) is 0.103. The molecule has 4 heterocycles. The van der Waals surface area contributed by atoms with Crippen LogP contribution in [0.1, 0.15) is 34.1 Å². The number of hydrazone groups is 1. The SMILES string of the molecule is O=C(OCC(=O)N1N=C(c2ccc(Cl)cc2)C[C@@H]1c1ccco1)c1cc(-c2ccco2)nc2ccccc12. The van der Waals surface area contributed by atoms with Gasteiger partial charge in [-0.2, -0.15) is 5.10 Å². The molecule has 38 heavy (non-hydrogen) atoms. The van der Waals surface area contributed by atoms with Crippen molar-refractivity contribution in [1.82, 2.24) is 9.99 Å². The third-order valence-electron chi connectivity index (χ3n) is 6.25. The number of benzene rings is 2. The lowest BCUT2D eigenvalue weighted by Crippen LogP contribution is -2.31. The van der Waals surface area contributed by atoms with Crippen molar-refractivity contribution in [2.45, 2.75) is 12.5 Å². The van der Waals surface area contributed by atoms with Gasteiger partial charge >= 0.3 is 5.97 Å². The van der Waals surface area contributed by atoms with Gasteiger partial charge in [-0.25, -0.2) is 14.8 Å². The summed E-state index contributed by atoms with van der Waals surface area (Å²) in [6.45, 7) is -0.500. The second-order valence-electron chi connectivity index (χ2n) is 8.65. The molecule has 2 aromatic carbocycles. The van der Waals surface area contributed by atoms with Crippen molar-refractivity contribution in [1.29, 1.82) is 0 Å². The number of esters is 1. The van der Waals surface area contributed by atoms with Gasteiger partial charge < -0.3 is 13.6 Å². The van der Waals surface area contributed by atoms with E-state index in [2.05, 4.69) is 10.1 Å². The van der Waals surface area contributed by atoms with Crippen LogP contribution in [0.3, 0.4) is 0 Å². The molecule has 1 aliphatic rings. The summed E-state index contributed by atoms with van der Waals surface area (Å²) in [5.41, 5.74) is 2.91. The van der Waals surface area contributed by atoms with Crippen molar-refractivity contribution in [3.63, 3.8) is 0 Å². The third kappa shape index (κ3) is 4.57. The van der Waals surface area contributed by atoms with Gasteiger partial charge in [-0.15, -0.1) is 0 Å². The lowest BCUT2D eigenvalue weighted by Gasteiger charge is -2.19. The minimum atomic E-state index is -0.652. The standard InChI is InChI=1S/C29H20ClN3O5/c30-19-11-9-18(10-12-19)23-16-25(27-8-4-14-37-27)33(32-23)28(34)17-38-29(35)21-15-24(26-7-3-13-36-26)31-22-6-2-1-5-20(21)22/h1-15,25H,16-17H2/t25-/m1/s1. The number of halogens is 1. The zero-order valence-corrected chi connectivity index (χ0v) is 20.7. The Morgan fingerprint density at radius 3 is 2.53 bits per heavy atom. The summed E-state index contributed by atoms with van der Waals surface area (Å²) in [5, 5.41) is 7.09. The molecule has 1 atom stereocenters. The number of fused-ring (bicyclic) bond motifs is 1. The van der Waals surface area contributed by atoms with Gasteiger partial charge in [-0.3, -0.25) is 4.79 Å². The molecule has 9 heteroatoms. The first-order chi connectivity index (χ1) is 18.6. The van der Waals surface area contributed by atoms with Crippen molar-refractivity contribution < 1.29 is 23.2 Å². The Kier molecular flexibility index (Phi) is 6.23. The Hall–Kier alpha value is -4.69. The van der Waals surface area contributed by atoms with Gasteiger partial charge in [-0.1, -0.05) is 41.9 Å². The molecule has 188 valence electrons. The highest BCUT2D eigenvalue weighted by Crippen LogP contribution is 2.33. The number of furan rings is 2. The summed E-state index contributed by atoms with van der Waals surface area (Å²) < 4.78 is 16.5. The molecule has 0 saturated heterocycles. The fourth-order valence-corrected chi connectivity index (χ4v) is 4.55. The van der Waals surface area contributed by atoms with E-state index >= 15 is 0 Å². The number of hydrogen-bond acceptors (Lipinski definition) is 7. The molecule has 1 amide bonds. The van der Waals surface area contributed by atoms with E-state index in [0.717, 1.165) is 5.56 Å². The number of amides is 1. The number of carbonyl (C=O) groups is 2. The Labute approximate surface area is 222 Å². The molecule has 1 aliphatic heterocycles. The van der Waals surface area contributed by atoms with E-state index in [1.54, 1.807) is 60.9 Å². The maximum atomic E-state index is 13.3. The lowest BCUT2D eigenvalue weighted by atomic mass is 10.0. The molecule has 6 rings (SSSR count). The number of nitrogens with zero attached hydrogens (tertiary/aromatic N) is 3. The second kappa shape index (κ2) is 9.99. The van der Waals surface area contributed by atoms with Gasteiger partial charge in [0.15, 0.2) is 12.4 Å². The maximum Gasteiger partial charge on any atom is 0.339 e. The van der Waals surface area contributed by atoms with Crippen molar-refractivity contribution in [3.05, 3.63) is 113 Å². The van der Waals surface area contributed by atoms with Crippen LogP contribution in [-0.4, -0.2) is 34.2 Å².